The van der Waals surface area contributed by atoms with Gasteiger partial charge in [0.05, 0.1) is 18.9 Å². The number of fused-ring (bicyclic) bond motifs is 1. The summed E-state index contributed by atoms with van der Waals surface area (Å²) >= 11 is 0. The summed E-state index contributed by atoms with van der Waals surface area (Å²) in [7, 11) is 1.49. The molecule has 4 rings (SSSR count). The van der Waals surface area contributed by atoms with Crippen LogP contribution in [0.25, 0.3) is 11.5 Å². The minimum atomic E-state index is -0.539. The second-order valence-corrected chi connectivity index (χ2v) is 5.44. The first-order valence-electron chi connectivity index (χ1n) is 7.89. The highest BCUT2D eigenvalue weighted by Crippen LogP contribution is 2.40. The van der Waals surface area contributed by atoms with Crippen LogP contribution in [0.15, 0.2) is 45.5 Å². The fourth-order valence-corrected chi connectivity index (χ4v) is 2.53. The number of nitrogens with zero attached hydrogens (tertiary/aromatic N) is 1. The Hall–Kier alpha value is -3.42. The van der Waals surface area contributed by atoms with E-state index in [0.29, 0.717) is 53.2 Å². The number of hydrogen-bond acceptors (Lipinski definition) is 8. The van der Waals surface area contributed by atoms with Gasteiger partial charge < -0.3 is 27.9 Å². The van der Waals surface area contributed by atoms with Gasteiger partial charge in [-0.2, -0.15) is 0 Å². The minimum Gasteiger partial charge on any atom is -0.493 e. The lowest BCUT2D eigenvalue weighted by molar-refractivity contribution is 0.0462. The number of benzene rings is 1. The quantitative estimate of drug-likeness (QED) is 0.643. The van der Waals surface area contributed by atoms with Crippen LogP contribution >= 0.6 is 0 Å². The fourth-order valence-electron chi connectivity index (χ4n) is 2.53. The van der Waals surface area contributed by atoms with Crippen molar-refractivity contribution in [3.8, 4) is 28.8 Å². The zero-order valence-corrected chi connectivity index (χ0v) is 13.9. The predicted octanol–water partition coefficient (Wildman–Crippen LogP) is 3.07. The van der Waals surface area contributed by atoms with Crippen LogP contribution in [-0.4, -0.2) is 31.4 Å². The molecule has 0 aliphatic carbocycles. The molecule has 8 heteroatoms. The van der Waals surface area contributed by atoms with E-state index in [1.54, 1.807) is 30.3 Å². The molecule has 0 saturated carbocycles. The summed E-state index contributed by atoms with van der Waals surface area (Å²) in [5, 5.41) is 3.86. The second-order valence-electron chi connectivity index (χ2n) is 5.44. The number of furan rings is 1. The lowest BCUT2D eigenvalue weighted by Crippen LogP contribution is -2.17. The number of rotatable bonds is 5. The van der Waals surface area contributed by atoms with Crippen molar-refractivity contribution >= 4 is 5.97 Å². The van der Waals surface area contributed by atoms with E-state index in [2.05, 4.69) is 5.16 Å². The van der Waals surface area contributed by atoms with Crippen LogP contribution in [0.3, 0.4) is 0 Å². The van der Waals surface area contributed by atoms with Crippen molar-refractivity contribution in [1.82, 2.24) is 5.16 Å². The van der Waals surface area contributed by atoms with Gasteiger partial charge in [0, 0.05) is 6.07 Å². The van der Waals surface area contributed by atoms with E-state index < -0.39 is 5.97 Å². The van der Waals surface area contributed by atoms with Crippen LogP contribution in [0.4, 0.5) is 0 Å². The maximum absolute atomic E-state index is 12.4. The molecule has 26 heavy (non-hydrogen) atoms. The number of hydrogen-bond donors (Lipinski definition) is 0. The van der Waals surface area contributed by atoms with Crippen molar-refractivity contribution in [2.75, 3.05) is 20.3 Å². The SMILES string of the molecule is COc1cc(C(=O)OCc2cc(-c3ccco3)on2)cc2c1OCCO2. The fraction of sp³-hybridized carbons (Fsp3) is 0.222. The number of aromatic nitrogens is 1. The first-order chi connectivity index (χ1) is 12.7. The van der Waals surface area contributed by atoms with Gasteiger partial charge in [0.15, 0.2) is 17.3 Å². The first kappa shape index (κ1) is 16.1. The largest absolute Gasteiger partial charge is 0.493 e. The number of methoxy groups -OCH3 is 1. The Morgan fingerprint density at radius 3 is 2.88 bits per heavy atom. The van der Waals surface area contributed by atoms with Crippen molar-refractivity contribution in [2.24, 2.45) is 0 Å². The molecule has 3 heterocycles. The Kier molecular flexibility index (Phi) is 4.22. The zero-order valence-electron chi connectivity index (χ0n) is 13.9. The molecule has 134 valence electrons. The van der Waals surface area contributed by atoms with Crippen LogP contribution in [0.1, 0.15) is 16.1 Å². The van der Waals surface area contributed by atoms with E-state index in [-0.39, 0.29) is 6.61 Å². The molecule has 0 amide bonds. The minimum absolute atomic E-state index is 0.0419. The summed E-state index contributed by atoms with van der Waals surface area (Å²) in [6.45, 7) is 0.792. The Morgan fingerprint density at radius 1 is 1.19 bits per heavy atom. The molecule has 0 spiro atoms. The van der Waals surface area contributed by atoms with E-state index in [0.717, 1.165) is 0 Å². The average Bonchev–Trinajstić information content (AvgIpc) is 3.36. The van der Waals surface area contributed by atoms with Crippen LogP contribution in [0, 0.1) is 0 Å². The molecule has 1 aliphatic heterocycles. The number of carbonyl (C=O) groups excluding carboxylic acids is 1. The van der Waals surface area contributed by atoms with Crippen molar-refractivity contribution in [3.63, 3.8) is 0 Å². The van der Waals surface area contributed by atoms with Crippen molar-refractivity contribution in [1.29, 1.82) is 0 Å². The van der Waals surface area contributed by atoms with Crippen molar-refractivity contribution < 1.29 is 32.7 Å². The third-order valence-electron chi connectivity index (χ3n) is 3.74. The Balaban J connectivity index is 1.47. The van der Waals surface area contributed by atoms with Crippen LogP contribution in [0.2, 0.25) is 0 Å². The molecule has 0 unspecified atom stereocenters. The van der Waals surface area contributed by atoms with E-state index in [1.807, 2.05) is 0 Å². The third kappa shape index (κ3) is 3.08. The maximum Gasteiger partial charge on any atom is 0.338 e. The molecular formula is C18H15NO7. The summed E-state index contributed by atoms with van der Waals surface area (Å²) in [5.41, 5.74) is 0.759. The van der Waals surface area contributed by atoms with Crippen LogP contribution in [0.5, 0.6) is 17.2 Å². The highest BCUT2D eigenvalue weighted by atomic mass is 16.6. The van der Waals surface area contributed by atoms with Gasteiger partial charge in [-0.05, 0) is 24.3 Å². The zero-order chi connectivity index (χ0) is 17.9. The highest BCUT2D eigenvalue weighted by Gasteiger charge is 2.22. The van der Waals surface area contributed by atoms with Gasteiger partial charge in [0.1, 0.15) is 25.5 Å². The van der Waals surface area contributed by atoms with Gasteiger partial charge in [-0.15, -0.1) is 0 Å². The van der Waals surface area contributed by atoms with Gasteiger partial charge in [-0.25, -0.2) is 4.79 Å². The number of ether oxygens (including phenoxy) is 4. The summed E-state index contributed by atoms with van der Waals surface area (Å²) in [6.07, 6.45) is 1.53. The number of esters is 1. The molecule has 3 aromatic rings. The maximum atomic E-state index is 12.4. The highest BCUT2D eigenvalue weighted by molar-refractivity contribution is 5.91. The van der Waals surface area contributed by atoms with Crippen molar-refractivity contribution in [2.45, 2.75) is 6.61 Å². The first-order valence-corrected chi connectivity index (χ1v) is 7.89. The monoisotopic (exact) mass is 357 g/mol. The molecule has 2 aromatic heterocycles. The topological polar surface area (TPSA) is 93.2 Å². The average molecular weight is 357 g/mol. The van der Waals surface area contributed by atoms with E-state index in [9.17, 15) is 4.79 Å². The van der Waals surface area contributed by atoms with E-state index in [1.165, 1.54) is 13.4 Å². The van der Waals surface area contributed by atoms with Crippen LogP contribution in [-0.2, 0) is 11.3 Å². The molecule has 1 aliphatic rings. The molecule has 0 bridgehead atoms. The molecule has 0 N–H and O–H groups in total. The third-order valence-corrected chi connectivity index (χ3v) is 3.74. The second kappa shape index (κ2) is 6.83. The standard InChI is InChI=1S/C18H15NO7/c1-21-15-7-11(8-16-17(15)24-6-5-23-16)18(20)25-10-12-9-14(26-19-12)13-3-2-4-22-13/h2-4,7-9H,5-6,10H2,1H3. The molecule has 0 atom stereocenters. The molecule has 0 radical (unpaired) electrons. The Labute approximate surface area is 148 Å². The van der Waals surface area contributed by atoms with Gasteiger partial charge in [0.2, 0.25) is 11.5 Å². The lowest BCUT2D eigenvalue weighted by atomic mass is 10.1. The summed E-state index contributed by atoms with van der Waals surface area (Å²) in [4.78, 5) is 12.4. The van der Waals surface area contributed by atoms with E-state index >= 15 is 0 Å². The summed E-state index contributed by atoms with van der Waals surface area (Å²) < 4.78 is 32.0. The summed E-state index contributed by atoms with van der Waals surface area (Å²) in [6, 6.07) is 8.25. The Morgan fingerprint density at radius 2 is 2.08 bits per heavy atom. The molecule has 0 fully saturated rings. The lowest BCUT2D eigenvalue weighted by Gasteiger charge is -2.21. The normalized spacial score (nSPS) is 12.7. The molecular weight excluding hydrogens is 342 g/mol. The van der Waals surface area contributed by atoms with Gasteiger partial charge in [-0.3, -0.25) is 0 Å². The molecule has 8 nitrogen and oxygen atoms in total. The summed E-state index contributed by atoms with van der Waals surface area (Å²) in [5.74, 6) is 1.81. The van der Waals surface area contributed by atoms with Crippen LogP contribution < -0.4 is 14.2 Å². The van der Waals surface area contributed by atoms with Gasteiger partial charge in [-0.1, -0.05) is 5.16 Å². The smallest absolute Gasteiger partial charge is 0.338 e. The van der Waals surface area contributed by atoms with Crippen molar-refractivity contribution in [3.05, 3.63) is 47.9 Å². The Bertz CT molecular complexity index is 897. The number of carbonyl (C=O) groups is 1. The molecule has 1 aromatic carbocycles. The molecule has 0 saturated heterocycles. The van der Waals surface area contributed by atoms with Gasteiger partial charge in [0.25, 0.3) is 0 Å². The van der Waals surface area contributed by atoms with E-state index in [4.69, 9.17) is 27.9 Å². The predicted molar refractivity (Wildman–Crippen MR) is 87.3 cm³/mol. The van der Waals surface area contributed by atoms with Gasteiger partial charge >= 0.3 is 5.97 Å².